The average molecular weight is 436 g/mol. The summed E-state index contributed by atoms with van der Waals surface area (Å²) in [6.45, 7) is 6.76. The van der Waals surface area contributed by atoms with E-state index in [1.54, 1.807) is 0 Å². The van der Waals surface area contributed by atoms with E-state index in [0.29, 0.717) is 0 Å². The van der Waals surface area contributed by atoms with E-state index in [4.69, 9.17) is 0 Å². The average Bonchev–Trinajstić information content (AvgIpc) is 2.39. The van der Waals surface area contributed by atoms with Crippen LogP contribution in [-0.2, 0) is 5.41 Å². The van der Waals surface area contributed by atoms with E-state index in [0.717, 1.165) is 0 Å². The molecule has 0 spiro atoms. The van der Waals surface area contributed by atoms with Gasteiger partial charge in [-0.2, -0.15) is 0 Å². The molecule has 0 saturated carbocycles. The fourth-order valence-electron chi connectivity index (χ4n) is 1.76. The van der Waals surface area contributed by atoms with Gasteiger partial charge in [-0.3, -0.25) is 0 Å². The van der Waals surface area contributed by atoms with Crippen molar-refractivity contribution in [3.8, 4) is 11.1 Å². The van der Waals surface area contributed by atoms with Gasteiger partial charge in [0.2, 0.25) is 0 Å². The summed E-state index contributed by atoms with van der Waals surface area (Å²) in [6, 6.07) is 11.2. The quantitative estimate of drug-likeness (QED) is 0.492. The first-order valence-corrected chi connectivity index (χ1v) is 7.43. The molecule has 0 fully saturated rings. The number of fused-ring (bicyclic) bond motifs is 1. The Hall–Kier alpha value is 0.160. The summed E-state index contributed by atoms with van der Waals surface area (Å²) in [5, 5.41) is 0. The maximum Gasteiger partial charge on any atom is 0.0219 e. The maximum absolute atomic E-state index is 2.41. The third kappa shape index (κ3) is 2.37. The van der Waals surface area contributed by atoms with Crippen molar-refractivity contribution in [1.29, 1.82) is 0 Å². The van der Waals surface area contributed by atoms with E-state index in [1.165, 1.54) is 23.8 Å². The number of halogens is 2. The summed E-state index contributed by atoms with van der Waals surface area (Å²) in [5.74, 6) is 0. The molecule has 0 aromatic carbocycles. The summed E-state index contributed by atoms with van der Waals surface area (Å²) in [4.78, 5) is 0. The SMILES string of the molecule is CC(C)(C)c1ccc2c(I)cc(I)c-2cc1. The lowest BCUT2D eigenvalue weighted by Gasteiger charge is -2.17. The van der Waals surface area contributed by atoms with Gasteiger partial charge in [0, 0.05) is 7.14 Å². The van der Waals surface area contributed by atoms with Gasteiger partial charge in [0.15, 0.2) is 0 Å². The molecule has 0 aliphatic heterocycles. The second-order valence-electron chi connectivity index (χ2n) is 5.04. The van der Waals surface area contributed by atoms with Crippen molar-refractivity contribution in [3.63, 3.8) is 0 Å². The molecule has 0 aromatic heterocycles. The molecule has 84 valence electrons. The van der Waals surface area contributed by atoms with Crippen molar-refractivity contribution >= 4 is 45.2 Å². The van der Waals surface area contributed by atoms with Crippen LogP contribution in [0.4, 0.5) is 0 Å². The molecule has 0 radical (unpaired) electrons. The second-order valence-corrected chi connectivity index (χ2v) is 7.36. The smallest absolute Gasteiger partial charge is 0.0219 e. The summed E-state index contributed by atoms with van der Waals surface area (Å²) in [5.41, 5.74) is 4.32. The van der Waals surface area contributed by atoms with Crippen LogP contribution in [0.1, 0.15) is 26.3 Å². The Morgan fingerprint density at radius 1 is 0.812 bits per heavy atom. The van der Waals surface area contributed by atoms with Crippen LogP contribution in [-0.4, -0.2) is 0 Å². The zero-order valence-corrected chi connectivity index (χ0v) is 14.0. The summed E-state index contributed by atoms with van der Waals surface area (Å²) < 4.78 is 2.68. The molecule has 2 heteroatoms. The third-order valence-electron chi connectivity index (χ3n) is 2.78. The lowest BCUT2D eigenvalue weighted by Crippen LogP contribution is -2.09. The van der Waals surface area contributed by atoms with Gasteiger partial charge in [-0.1, -0.05) is 45.0 Å². The molecule has 0 aromatic rings. The van der Waals surface area contributed by atoms with E-state index < -0.39 is 0 Å². The van der Waals surface area contributed by atoms with Crippen molar-refractivity contribution in [3.05, 3.63) is 43.0 Å². The highest BCUT2D eigenvalue weighted by molar-refractivity contribution is 14.1. The van der Waals surface area contributed by atoms with Gasteiger partial charge in [-0.15, -0.1) is 0 Å². The standard InChI is InChI=1S/C14H14I2/c1-14(2,3)9-4-6-10-11(7-5-9)13(16)8-12(10)15/h4-8H,1-3H3. The lowest BCUT2D eigenvalue weighted by molar-refractivity contribution is 0.591. The molecule has 0 unspecified atom stereocenters. The van der Waals surface area contributed by atoms with Crippen molar-refractivity contribution < 1.29 is 0 Å². The molecule has 0 bridgehead atoms. The Balaban J connectivity index is 2.66. The minimum Gasteiger partial charge on any atom is -0.0579 e. The minimum absolute atomic E-state index is 0.216. The molecular weight excluding hydrogens is 422 g/mol. The van der Waals surface area contributed by atoms with E-state index in [1.807, 2.05) is 0 Å². The fourth-order valence-corrected chi connectivity index (χ4v) is 3.92. The highest BCUT2D eigenvalue weighted by Crippen LogP contribution is 2.35. The molecule has 0 N–H and O–H groups in total. The Labute approximate surface area is 124 Å². The molecule has 0 heterocycles. The molecule has 16 heavy (non-hydrogen) atoms. The Bertz CT molecular complexity index is 458. The van der Waals surface area contributed by atoms with Crippen LogP contribution >= 0.6 is 45.2 Å². The highest BCUT2D eigenvalue weighted by Gasteiger charge is 2.15. The Morgan fingerprint density at radius 2 is 1.25 bits per heavy atom. The molecule has 0 atom stereocenters. The number of hydrogen-bond acceptors (Lipinski definition) is 0. The first-order chi connectivity index (χ1) is 7.39. The fraction of sp³-hybridized carbons (Fsp3) is 0.286. The minimum atomic E-state index is 0.216. The van der Waals surface area contributed by atoms with Gasteiger partial charge < -0.3 is 0 Å². The summed E-state index contributed by atoms with van der Waals surface area (Å²) in [6.07, 6.45) is 0. The van der Waals surface area contributed by atoms with Gasteiger partial charge in [-0.25, -0.2) is 0 Å². The van der Waals surface area contributed by atoms with Crippen molar-refractivity contribution in [2.45, 2.75) is 26.2 Å². The van der Waals surface area contributed by atoms with Crippen LogP contribution in [0.2, 0.25) is 0 Å². The first kappa shape index (κ1) is 12.6. The maximum atomic E-state index is 2.41. The van der Waals surface area contributed by atoms with Gasteiger partial charge in [-0.05, 0) is 73.4 Å². The molecule has 0 saturated heterocycles. The molecule has 0 nitrogen and oxygen atoms in total. The van der Waals surface area contributed by atoms with Crippen molar-refractivity contribution in [2.24, 2.45) is 0 Å². The third-order valence-corrected chi connectivity index (χ3v) is 4.57. The summed E-state index contributed by atoms with van der Waals surface area (Å²) >= 11 is 4.82. The zero-order chi connectivity index (χ0) is 11.9. The normalized spacial score (nSPS) is 12.1. The van der Waals surface area contributed by atoms with Crippen molar-refractivity contribution in [2.75, 3.05) is 0 Å². The van der Waals surface area contributed by atoms with Crippen LogP contribution in [0, 0.1) is 7.14 Å². The lowest BCUT2D eigenvalue weighted by atomic mass is 9.88. The van der Waals surface area contributed by atoms with Gasteiger partial charge in [0.05, 0.1) is 0 Å². The topological polar surface area (TPSA) is 0 Å². The Kier molecular flexibility index (Phi) is 3.50. The highest BCUT2D eigenvalue weighted by atomic mass is 127. The van der Waals surface area contributed by atoms with Crippen LogP contribution < -0.4 is 0 Å². The van der Waals surface area contributed by atoms with E-state index >= 15 is 0 Å². The molecule has 0 amide bonds. The van der Waals surface area contributed by atoms with Crippen molar-refractivity contribution in [1.82, 2.24) is 0 Å². The second kappa shape index (κ2) is 4.44. The summed E-state index contributed by atoms with van der Waals surface area (Å²) in [7, 11) is 0. The largest absolute Gasteiger partial charge is 0.0579 e. The van der Waals surface area contributed by atoms with Gasteiger partial charge in [0.25, 0.3) is 0 Å². The van der Waals surface area contributed by atoms with E-state index in [9.17, 15) is 0 Å². The van der Waals surface area contributed by atoms with Gasteiger partial charge in [0.1, 0.15) is 0 Å². The van der Waals surface area contributed by atoms with Crippen LogP contribution in [0.15, 0.2) is 30.3 Å². The first-order valence-electron chi connectivity index (χ1n) is 5.28. The van der Waals surface area contributed by atoms with E-state index in [2.05, 4.69) is 96.3 Å². The van der Waals surface area contributed by atoms with E-state index in [-0.39, 0.29) is 5.41 Å². The predicted molar refractivity (Wildman–Crippen MR) is 87.2 cm³/mol. The molecule has 2 aliphatic carbocycles. The predicted octanol–water partition coefficient (Wildman–Crippen LogP) is 5.30. The monoisotopic (exact) mass is 436 g/mol. The molecule has 2 aliphatic rings. The Morgan fingerprint density at radius 3 is 1.62 bits per heavy atom. The number of rotatable bonds is 0. The van der Waals surface area contributed by atoms with Crippen LogP contribution in [0.5, 0.6) is 0 Å². The number of hydrogen-bond donors (Lipinski definition) is 0. The molecule has 2 rings (SSSR count). The zero-order valence-electron chi connectivity index (χ0n) is 9.64. The molecular formula is C14H14I2. The van der Waals surface area contributed by atoms with Gasteiger partial charge >= 0.3 is 0 Å². The van der Waals surface area contributed by atoms with Crippen LogP contribution in [0.25, 0.3) is 11.1 Å². The van der Waals surface area contributed by atoms with Crippen LogP contribution in [0.3, 0.4) is 0 Å².